The van der Waals surface area contributed by atoms with E-state index < -0.39 is 0 Å². The van der Waals surface area contributed by atoms with E-state index in [1.807, 2.05) is 20.8 Å². The summed E-state index contributed by atoms with van der Waals surface area (Å²) in [4.78, 5) is 32.2. The first-order chi connectivity index (χ1) is 11.2. The van der Waals surface area contributed by atoms with E-state index in [-0.39, 0.29) is 28.5 Å². The summed E-state index contributed by atoms with van der Waals surface area (Å²) in [6.07, 6.45) is 5.77. The molecule has 134 valence electrons. The zero-order chi connectivity index (χ0) is 17.9. The number of nitrogens with one attached hydrogen (secondary N) is 2. The zero-order valence-electron chi connectivity index (χ0n) is 15.2. The van der Waals surface area contributed by atoms with Gasteiger partial charge in [0.1, 0.15) is 11.4 Å². The predicted molar refractivity (Wildman–Crippen MR) is 95.2 cm³/mol. The number of aromatic nitrogens is 2. The van der Waals surface area contributed by atoms with Gasteiger partial charge in [-0.2, -0.15) is 0 Å². The number of aryl methyl sites for hydroxylation is 1. The van der Waals surface area contributed by atoms with E-state index in [9.17, 15) is 9.59 Å². The molecule has 1 saturated carbocycles. The molecule has 1 aromatic rings. The largest absolute Gasteiger partial charge is 0.348 e. The third kappa shape index (κ3) is 4.23. The molecule has 0 radical (unpaired) electrons. The van der Waals surface area contributed by atoms with E-state index in [0.717, 1.165) is 12.8 Å². The molecule has 0 spiro atoms. The van der Waals surface area contributed by atoms with E-state index in [4.69, 9.17) is 5.73 Å². The molecule has 1 aliphatic carbocycles. The SMILES string of the molecule is Cc1nc(C(C)(C)C)[nH]c(=O)c1C(=O)NC(CN)C1CCCCC1. The molecule has 0 saturated heterocycles. The molecule has 0 aliphatic heterocycles. The average Bonchev–Trinajstić information content (AvgIpc) is 2.51. The second-order valence-corrected chi connectivity index (χ2v) is 7.84. The van der Waals surface area contributed by atoms with Crippen LogP contribution in [0.2, 0.25) is 0 Å². The van der Waals surface area contributed by atoms with Gasteiger partial charge < -0.3 is 16.0 Å². The van der Waals surface area contributed by atoms with Gasteiger partial charge in [-0.05, 0) is 25.7 Å². The van der Waals surface area contributed by atoms with Gasteiger partial charge >= 0.3 is 0 Å². The van der Waals surface area contributed by atoms with Gasteiger partial charge in [-0.1, -0.05) is 40.0 Å². The highest BCUT2D eigenvalue weighted by molar-refractivity contribution is 5.95. The van der Waals surface area contributed by atoms with Crippen LogP contribution in [0.1, 0.15) is 74.8 Å². The lowest BCUT2D eigenvalue weighted by Crippen LogP contribution is -2.47. The Morgan fingerprint density at radius 3 is 2.46 bits per heavy atom. The Balaban J connectivity index is 2.21. The fourth-order valence-corrected chi connectivity index (χ4v) is 3.35. The zero-order valence-corrected chi connectivity index (χ0v) is 15.2. The Morgan fingerprint density at radius 1 is 1.33 bits per heavy atom. The van der Waals surface area contributed by atoms with Crippen molar-refractivity contribution in [2.75, 3.05) is 6.54 Å². The fraction of sp³-hybridized carbons (Fsp3) is 0.722. The number of carbonyl (C=O) groups excluding carboxylic acids is 1. The molecular formula is C18H30N4O2. The van der Waals surface area contributed by atoms with Gasteiger partial charge in [0.15, 0.2) is 0 Å². The molecule has 0 aromatic carbocycles. The molecule has 6 heteroatoms. The smallest absolute Gasteiger partial charge is 0.264 e. The summed E-state index contributed by atoms with van der Waals surface area (Å²) in [5.41, 5.74) is 5.76. The lowest BCUT2D eigenvalue weighted by atomic mass is 9.84. The summed E-state index contributed by atoms with van der Waals surface area (Å²) in [6.45, 7) is 8.01. The summed E-state index contributed by atoms with van der Waals surface area (Å²) >= 11 is 0. The minimum absolute atomic E-state index is 0.0844. The van der Waals surface area contributed by atoms with E-state index in [1.54, 1.807) is 6.92 Å². The minimum atomic E-state index is -0.385. The summed E-state index contributed by atoms with van der Waals surface area (Å²) in [7, 11) is 0. The molecule has 1 aromatic heterocycles. The monoisotopic (exact) mass is 334 g/mol. The topological polar surface area (TPSA) is 101 Å². The van der Waals surface area contributed by atoms with Crippen LogP contribution >= 0.6 is 0 Å². The second kappa shape index (κ2) is 7.47. The molecular weight excluding hydrogens is 304 g/mol. The minimum Gasteiger partial charge on any atom is -0.348 e. The van der Waals surface area contributed by atoms with Crippen molar-refractivity contribution < 1.29 is 4.79 Å². The van der Waals surface area contributed by atoms with Crippen LogP contribution in [0.15, 0.2) is 4.79 Å². The van der Waals surface area contributed by atoms with Gasteiger partial charge in [-0.15, -0.1) is 0 Å². The highest BCUT2D eigenvalue weighted by atomic mass is 16.2. The first kappa shape index (κ1) is 18.6. The van der Waals surface area contributed by atoms with Gasteiger partial charge in [0, 0.05) is 18.0 Å². The quantitative estimate of drug-likeness (QED) is 0.784. The number of nitrogens with two attached hydrogens (primary N) is 1. The van der Waals surface area contributed by atoms with Gasteiger partial charge in [-0.25, -0.2) is 4.98 Å². The van der Waals surface area contributed by atoms with Crippen LogP contribution in [0.3, 0.4) is 0 Å². The van der Waals surface area contributed by atoms with E-state index in [0.29, 0.717) is 24.0 Å². The normalized spacial score (nSPS) is 17.5. The Bertz CT molecular complexity index is 639. The molecule has 6 nitrogen and oxygen atoms in total. The fourth-order valence-electron chi connectivity index (χ4n) is 3.35. The third-order valence-corrected chi connectivity index (χ3v) is 4.83. The van der Waals surface area contributed by atoms with Crippen LogP contribution < -0.4 is 16.6 Å². The van der Waals surface area contributed by atoms with Crippen LogP contribution in [0.5, 0.6) is 0 Å². The number of carbonyl (C=O) groups is 1. The highest BCUT2D eigenvalue weighted by Crippen LogP contribution is 2.26. The third-order valence-electron chi connectivity index (χ3n) is 4.83. The van der Waals surface area contributed by atoms with Gasteiger partial charge in [0.25, 0.3) is 11.5 Å². The molecule has 24 heavy (non-hydrogen) atoms. The molecule has 2 rings (SSSR count). The molecule has 1 atom stereocenters. The van der Waals surface area contributed by atoms with Crippen LogP contribution in [0.25, 0.3) is 0 Å². The molecule has 0 bridgehead atoms. The molecule has 1 unspecified atom stereocenters. The van der Waals surface area contributed by atoms with Crippen LogP contribution in [0.4, 0.5) is 0 Å². The Morgan fingerprint density at radius 2 is 1.96 bits per heavy atom. The number of rotatable bonds is 4. The van der Waals surface area contributed by atoms with Crippen molar-refractivity contribution in [2.24, 2.45) is 11.7 Å². The Kier molecular flexibility index (Phi) is 5.80. The second-order valence-electron chi connectivity index (χ2n) is 7.84. The maximum atomic E-state index is 12.6. The number of nitrogens with zero attached hydrogens (tertiary/aromatic N) is 1. The van der Waals surface area contributed by atoms with Crippen LogP contribution in [-0.4, -0.2) is 28.5 Å². The van der Waals surface area contributed by atoms with Crippen LogP contribution in [-0.2, 0) is 5.41 Å². The van der Waals surface area contributed by atoms with Crippen molar-refractivity contribution in [2.45, 2.75) is 71.3 Å². The summed E-state index contributed by atoms with van der Waals surface area (Å²) < 4.78 is 0. The van der Waals surface area contributed by atoms with E-state index in [1.165, 1.54) is 19.3 Å². The van der Waals surface area contributed by atoms with E-state index in [2.05, 4.69) is 15.3 Å². The van der Waals surface area contributed by atoms with Crippen LogP contribution in [0, 0.1) is 12.8 Å². The standard InChI is InChI=1S/C18H30N4O2/c1-11-14(16(24)22-17(20-11)18(2,3)4)15(23)21-13(10-19)12-8-6-5-7-9-12/h12-13H,5-10,19H2,1-4H3,(H,21,23)(H,20,22,24). The maximum Gasteiger partial charge on any atom is 0.264 e. The first-order valence-corrected chi connectivity index (χ1v) is 8.86. The number of hydrogen-bond donors (Lipinski definition) is 3. The number of aromatic amines is 1. The molecule has 4 N–H and O–H groups in total. The Labute approximate surface area is 143 Å². The van der Waals surface area contributed by atoms with Crippen molar-refractivity contribution >= 4 is 5.91 Å². The highest BCUT2D eigenvalue weighted by Gasteiger charge is 2.27. The number of amides is 1. The molecule has 1 heterocycles. The predicted octanol–water partition coefficient (Wildman–Crippen LogP) is 2.01. The van der Waals surface area contributed by atoms with Crippen molar-refractivity contribution in [1.29, 1.82) is 0 Å². The maximum absolute atomic E-state index is 12.6. The van der Waals surface area contributed by atoms with Gasteiger partial charge in [0.05, 0.1) is 5.69 Å². The lowest BCUT2D eigenvalue weighted by molar-refractivity contribution is 0.0912. The van der Waals surface area contributed by atoms with Crippen molar-refractivity contribution in [3.8, 4) is 0 Å². The summed E-state index contributed by atoms with van der Waals surface area (Å²) in [5.74, 6) is 0.612. The summed E-state index contributed by atoms with van der Waals surface area (Å²) in [6, 6.07) is -0.0844. The molecule has 1 amide bonds. The van der Waals surface area contributed by atoms with Gasteiger partial charge in [-0.3, -0.25) is 9.59 Å². The van der Waals surface area contributed by atoms with Gasteiger partial charge in [0.2, 0.25) is 0 Å². The van der Waals surface area contributed by atoms with Crippen molar-refractivity contribution in [1.82, 2.24) is 15.3 Å². The molecule has 1 fully saturated rings. The van der Waals surface area contributed by atoms with E-state index >= 15 is 0 Å². The summed E-state index contributed by atoms with van der Waals surface area (Å²) in [5, 5.41) is 2.97. The first-order valence-electron chi connectivity index (χ1n) is 8.86. The van der Waals surface area contributed by atoms with Crippen molar-refractivity contribution in [3.63, 3.8) is 0 Å². The Hall–Kier alpha value is -1.69. The lowest BCUT2D eigenvalue weighted by Gasteiger charge is -2.30. The van der Waals surface area contributed by atoms with Crippen molar-refractivity contribution in [3.05, 3.63) is 27.4 Å². The number of hydrogen-bond acceptors (Lipinski definition) is 4. The average molecular weight is 334 g/mol. The number of H-pyrrole nitrogens is 1. The molecule has 1 aliphatic rings.